The number of aromatic nitrogens is 2. The van der Waals surface area contributed by atoms with Crippen LogP contribution in [-0.2, 0) is 0 Å². The molecule has 2 fully saturated rings. The van der Waals surface area contributed by atoms with E-state index in [0.29, 0.717) is 5.92 Å². The largest absolute Gasteiger partial charge is 0.370 e. The van der Waals surface area contributed by atoms with Crippen molar-refractivity contribution in [3.05, 3.63) is 12.4 Å². The van der Waals surface area contributed by atoms with Gasteiger partial charge >= 0.3 is 0 Å². The van der Waals surface area contributed by atoms with Crippen LogP contribution in [0.25, 0.3) is 0 Å². The van der Waals surface area contributed by atoms with Crippen LogP contribution in [0.5, 0.6) is 0 Å². The van der Waals surface area contributed by atoms with Gasteiger partial charge in [0.25, 0.3) is 0 Å². The molecule has 1 aliphatic heterocycles. The minimum Gasteiger partial charge on any atom is -0.370 e. The molecule has 23 heavy (non-hydrogen) atoms. The summed E-state index contributed by atoms with van der Waals surface area (Å²) < 4.78 is 0. The fourth-order valence-corrected chi connectivity index (χ4v) is 4.09. The first-order chi connectivity index (χ1) is 11.3. The zero-order chi connectivity index (χ0) is 16.1. The molecule has 0 radical (unpaired) electrons. The van der Waals surface area contributed by atoms with Gasteiger partial charge in [0.05, 0.1) is 11.5 Å². The van der Waals surface area contributed by atoms with Crippen LogP contribution in [-0.4, -0.2) is 29.6 Å². The molecule has 1 N–H and O–H groups in total. The van der Waals surface area contributed by atoms with E-state index in [1.807, 2.05) is 6.07 Å². The lowest BCUT2D eigenvalue weighted by atomic mass is 9.69. The first kappa shape index (κ1) is 16.0. The lowest BCUT2D eigenvalue weighted by molar-refractivity contribution is 0.190. The van der Waals surface area contributed by atoms with Crippen LogP contribution in [0, 0.1) is 22.7 Å². The van der Waals surface area contributed by atoms with Crippen molar-refractivity contribution >= 4 is 11.6 Å². The Kier molecular flexibility index (Phi) is 5.00. The second-order valence-corrected chi connectivity index (χ2v) is 6.92. The second kappa shape index (κ2) is 7.16. The van der Waals surface area contributed by atoms with Crippen LogP contribution in [0.4, 0.5) is 11.6 Å². The number of hydrogen-bond acceptors (Lipinski definition) is 5. The van der Waals surface area contributed by atoms with Gasteiger partial charge in [0.1, 0.15) is 18.0 Å². The summed E-state index contributed by atoms with van der Waals surface area (Å²) in [6.45, 7) is 4.92. The van der Waals surface area contributed by atoms with E-state index >= 15 is 0 Å². The standard InChI is InChI=1S/C18H27N5/c1-2-9-20-16-12-17(22-14-21-16)23-10-7-18(13-19,8-11-23)15-5-3-4-6-15/h12,14-15H,2-11H2,1H3,(H,20,21,22). The quantitative estimate of drug-likeness (QED) is 0.899. The highest BCUT2D eigenvalue weighted by molar-refractivity contribution is 5.48. The van der Waals surface area contributed by atoms with Crippen LogP contribution in [0.3, 0.4) is 0 Å². The van der Waals surface area contributed by atoms with E-state index < -0.39 is 0 Å². The molecule has 1 aromatic heterocycles. The second-order valence-electron chi connectivity index (χ2n) is 6.92. The average molecular weight is 313 g/mol. The van der Waals surface area contributed by atoms with Gasteiger partial charge in [-0.3, -0.25) is 0 Å². The first-order valence-corrected chi connectivity index (χ1v) is 8.99. The van der Waals surface area contributed by atoms with Crippen molar-refractivity contribution in [1.82, 2.24) is 9.97 Å². The molecule has 0 unspecified atom stereocenters. The molecule has 1 saturated heterocycles. The van der Waals surface area contributed by atoms with Gasteiger partial charge in [-0.1, -0.05) is 19.8 Å². The maximum atomic E-state index is 9.80. The Labute approximate surface area is 139 Å². The van der Waals surface area contributed by atoms with Crippen molar-refractivity contribution in [1.29, 1.82) is 5.26 Å². The molecule has 1 saturated carbocycles. The van der Waals surface area contributed by atoms with Crippen molar-refractivity contribution in [3.8, 4) is 6.07 Å². The van der Waals surface area contributed by atoms with Gasteiger partial charge in [0.15, 0.2) is 0 Å². The normalized spacial score (nSPS) is 21.1. The summed E-state index contributed by atoms with van der Waals surface area (Å²) in [4.78, 5) is 11.0. The molecule has 2 heterocycles. The van der Waals surface area contributed by atoms with Gasteiger partial charge in [0.2, 0.25) is 0 Å². The van der Waals surface area contributed by atoms with E-state index in [1.54, 1.807) is 6.33 Å². The molecule has 124 valence electrons. The highest BCUT2D eigenvalue weighted by atomic mass is 15.2. The zero-order valence-corrected chi connectivity index (χ0v) is 14.1. The molecular formula is C18H27N5. The molecule has 1 aliphatic carbocycles. The number of nitrogens with one attached hydrogen (secondary N) is 1. The lowest BCUT2D eigenvalue weighted by Crippen LogP contribution is -2.43. The number of anilines is 2. The smallest absolute Gasteiger partial charge is 0.134 e. The summed E-state index contributed by atoms with van der Waals surface area (Å²) in [5.74, 6) is 2.49. The lowest BCUT2D eigenvalue weighted by Gasteiger charge is -2.41. The third-order valence-corrected chi connectivity index (χ3v) is 5.55. The summed E-state index contributed by atoms with van der Waals surface area (Å²) in [5.41, 5.74) is -0.0939. The third-order valence-electron chi connectivity index (χ3n) is 5.55. The van der Waals surface area contributed by atoms with Crippen molar-refractivity contribution in [2.75, 3.05) is 29.9 Å². The minimum atomic E-state index is -0.0939. The number of nitrogens with zero attached hydrogens (tertiary/aromatic N) is 4. The molecule has 0 spiro atoms. The Morgan fingerprint density at radius 1 is 1.30 bits per heavy atom. The van der Waals surface area contributed by atoms with E-state index in [4.69, 9.17) is 0 Å². The number of rotatable bonds is 5. The van der Waals surface area contributed by atoms with Gasteiger partial charge in [-0.2, -0.15) is 5.26 Å². The molecule has 0 amide bonds. The average Bonchev–Trinajstić information content (AvgIpc) is 3.15. The van der Waals surface area contributed by atoms with Crippen molar-refractivity contribution < 1.29 is 0 Å². The summed E-state index contributed by atoms with van der Waals surface area (Å²) in [7, 11) is 0. The van der Waals surface area contributed by atoms with Gasteiger partial charge in [-0.05, 0) is 38.0 Å². The molecular weight excluding hydrogens is 286 g/mol. The Bertz CT molecular complexity index is 551. The van der Waals surface area contributed by atoms with Crippen LogP contribution in [0.2, 0.25) is 0 Å². The summed E-state index contributed by atoms with van der Waals surface area (Å²) in [5, 5.41) is 13.1. The molecule has 5 heteroatoms. The third kappa shape index (κ3) is 3.41. The Hall–Kier alpha value is -1.83. The monoisotopic (exact) mass is 313 g/mol. The van der Waals surface area contributed by atoms with Gasteiger partial charge in [-0.15, -0.1) is 0 Å². The van der Waals surface area contributed by atoms with E-state index in [-0.39, 0.29) is 5.41 Å². The highest BCUT2D eigenvalue weighted by Crippen LogP contribution is 2.46. The molecule has 5 nitrogen and oxygen atoms in total. The molecule has 0 aromatic carbocycles. The summed E-state index contributed by atoms with van der Waals surface area (Å²) in [6, 6.07) is 4.73. The zero-order valence-electron chi connectivity index (χ0n) is 14.1. The fraction of sp³-hybridized carbons (Fsp3) is 0.722. The first-order valence-electron chi connectivity index (χ1n) is 8.99. The molecule has 0 bridgehead atoms. The van der Waals surface area contributed by atoms with Gasteiger partial charge in [-0.25, -0.2) is 9.97 Å². The van der Waals surface area contributed by atoms with E-state index in [2.05, 4.69) is 33.2 Å². The summed E-state index contributed by atoms with van der Waals surface area (Å²) >= 11 is 0. The maximum absolute atomic E-state index is 9.80. The minimum absolute atomic E-state index is 0.0939. The fourth-order valence-electron chi connectivity index (χ4n) is 4.09. The van der Waals surface area contributed by atoms with Gasteiger partial charge in [0, 0.05) is 25.7 Å². The Morgan fingerprint density at radius 2 is 2.04 bits per heavy atom. The molecule has 3 rings (SSSR count). The van der Waals surface area contributed by atoms with Gasteiger partial charge < -0.3 is 10.2 Å². The number of piperidine rings is 1. The van der Waals surface area contributed by atoms with Crippen molar-refractivity contribution in [2.24, 2.45) is 11.3 Å². The summed E-state index contributed by atoms with van der Waals surface area (Å²) in [6.07, 6.45) is 9.74. The number of nitriles is 1. The molecule has 2 aliphatic rings. The predicted molar refractivity (Wildman–Crippen MR) is 92.3 cm³/mol. The van der Waals surface area contributed by atoms with E-state index in [1.165, 1.54) is 25.7 Å². The maximum Gasteiger partial charge on any atom is 0.134 e. The van der Waals surface area contributed by atoms with Crippen molar-refractivity contribution in [2.45, 2.75) is 51.9 Å². The van der Waals surface area contributed by atoms with E-state index in [0.717, 1.165) is 50.5 Å². The SMILES string of the molecule is CCCNc1cc(N2CCC(C#N)(C3CCCC3)CC2)ncn1. The van der Waals surface area contributed by atoms with Crippen LogP contribution in [0.15, 0.2) is 12.4 Å². The highest BCUT2D eigenvalue weighted by Gasteiger charge is 2.42. The molecule has 0 atom stereocenters. The van der Waals surface area contributed by atoms with Crippen molar-refractivity contribution in [3.63, 3.8) is 0 Å². The number of hydrogen-bond donors (Lipinski definition) is 1. The Balaban J connectivity index is 1.65. The predicted octanol–water partition coefficient (Wildman–Crippen LogP) is 3.60. The van der Waals surface area contributed by atoms with Crippen LogP contribution < -0.4 is 10.2 Å². The topological polar surface area (TPSA) is 64.8 Å². The van der Waals surface area contributed by atoms with Crippen LogP contribution in [0.1, 0.15) is 51.9 Å². The Morgan fingerprint density at radius 3 is 2.70 bits per heavy atom. The van der Waals surface area contributed by atoms with Crippen LogP contribution >= 0.6 is 0 Å². The molecule has 1 aromatic rings. The van der Waals surface area contributed by atoms with E-state index in [9.17, 15) is 5.26 Å².